The van der Waals surface area contributed by atoms with Crippen LogP contribution < -0.4 is 10.2 Å². The van der Waals surface area contributed by atoms with Gasteiger partial charge in [-0.25, -0.2) is 5.43 Å². The lowest BCUT2D eigenvalue weighted by atomic mass is 10.2. The second-order valence-corrected chi connectivity index (χ2v) is 4.89. The van der Waals surface area contributed by atoms with Gasteiger partial charge in [0.15, 0.2) is 0 Å². The van der Waals surface area contributed by atoms with E-state index in [0.717, 1.165) is 12.0 Å². The number of hydrogen-bond acceptors (Lipinski definition) is 5. The normalized spacial score (nSPS) is 10.5. The summed E-state index contributed by atoms with van der Waals surface area (Å²) in [6.07, 6.45) is 2.36. The van der Waals surface area contributed by atoms with E-state index in [1.165, 1.54) is 30.5 Å². The zero-order valence-corrected chi connectivity index (χ0v) is 13.1. The van der Waals surface area contributed by atoms with Crippen LogP contribution in [0.15, 0.2) is 53.6 Å². The first-order chi connectivity index (χ1) is 11.6. The highest BCUT2D eigenvalue weighted by molar-refractivity contribution is 5.95. The lowest BCUT2D eigenvalue weighted by molar-refractivity contribution is -0.384. The van der Waals surface area contributed by atoms with Crippen molar-refractivity contribution < 1.29 is 14.5 Å². The van der Waals surface area contributed by atoms with Gasteiger partial charge in [0.1, 0.15) is 5.75 Å². The summed E-state index contributed by atoms with van der Waals surface area (Å²) in [5.41, 5.74) is 3.09. The number of para-hydroxylation sites is 1. The molecule has 0 radical (unpaired) electrons. The van der Waals surface area contributed by atoms with Crippen molar-refractivity contribution in [3.8, 4) is 5.75 Å². The molecule has 0 bridgehead atoms. The Morgan fingerprint density at radius 1 is 1.29 bits per heavy atom. The number of carbonyl (C=O) groups is 1. The molecule has 0 saturated heterocycles. The summed E-state index contributed by atoms with van der Waals surface area (Å²) in [5.74, 6) is 0.148. The van der Waals surface area contributed by atoms with Gasteiger partial charge < -0.3 is 4.74 Å². The van der Waals surface area contributed by atoms with Gasteiger partial charge in [0.25, 0.3) is 11.6 Å². The van der Waals surface area contributed by atoms with Crippen molar-refractivity contribution in [1.29, 1.82) is 0 Å². The first kappa shape index (κ1) is 17.1. The van der Waals surface area contributed by atoms with Gasteiger partial charge in [-0.3, -0.25) is 14.9 Å². The van der Waals surface area contributed by atoms with Crippen molar-refractivity contribution in [1.82, 2.24) is 5.43 Å². The van der Waals surface area contributed by atoms with E-state index in [4.69, 9.17) is 4.74 Å². The predicted molar refractivity (Wildman–Crippen MR) is 90.4 cm³/mol. The highest BCUT2D eigenvalue weighted by atomic mass is 16.6. The molecule has 0 heterocycles. The lowest BCUT2D eigenvalue weighted by Crippen LogP contribution is -2.17. The average molecular weight is 327 g/mol. The highest BCUT2D eigenvalue weighted by Gasteiger charge is 2.10. The molecule has 0 unspecified atom stereocenters. The number of non-ortho nitro benzene ring substituents is 1. The van der Waals surface area contributed by atoms with Crippen molar-refractivity contribution >= 4 is 17.8 Å². The molecule has 7 heteroatoms. The van der Waals surface area contributed by atoms with Crippen LogP contribution in [0.2, 0.25) is 0 Å². The number of hydrogen-bond donors (Lipinski definition) is 1. The van der Waals surface area contributed by atoms with E-state index in [-0.39, 0.29) is 11.3 Å². The van der Waals surface area contributed by atoms with Crippen molar-refractivity contribution in [3.63, 3.8) is 0 Å². The monoisotopic (exact) mass is 327 g/mol. The summed E-state index contributed by atoms with van der Waals surface area (Å²) in [7, 11) is 0. The Balaban J connectivity index is 2.05. The summed E-state index contributed by atoms with van der Waals surface area (Å²) >= 11 is 0. The van der Waals surface area contributed by atoms with Crippen LogP contribution >= 0.6 is 0 Å². The molecule has 2 aromatic carbocycles. The predicted octanol–water partition coefficient (Wildman–Crippen LogP) is 3.15. The largest absolute Gasteiger partial charge is 0.493 e. The fourth-order valence-corrected chi connectivity index (χ4v) is 1.92. The van der Waals surface area contributed by atoms with Crippen LogP contribution in [-0.2, 0) is 0 Å². The van der Waals surface area contributed by atoms with Crippen LogP contribution in [0.4, 0.5) is 5.69 Å². The third-order valence-corrected chi connectivity index (χ3v) is 3.07. The molecule has 0 fully saturated rings. The maximum Gasteiger partial charge on any atom is 0.271 e. The average Bonchev–Trinajstić information content (AvgIpc) is 2.60. The Morgan fingerprint density at radius 3 is 2.83 bits per heavy atom. The van der Waals surface area contributed by atoms with Gasteiger partial charge in [-0.05, 0) is 24.6 Å². The van der Waals surface area contributed by atoms with E-state index in [2.05, 4.69) is 10.5 Å². The highest BCUT2D eigenvalue weighted by Crippen LogP contribution is 2.16. The van der Waals surface area contributed by atoms with Crippen LogP contribution in [0, 0.1) is 10.1 Å². The third-order valence-electron chi connectivity index (χ3n) is 3.07. The molecule has 2 aromatic rings. The molecule has 0 aliphatic heterocycles. The number of carbonyl (C=O) groups excluding carboxylic acids is 1. The first-order valence-electron chi connectivity index (χ1n) is 7.41. The lowest BCUT2D eigenvalue weighted by Gasteiger charge is -2.07. The van der Waals surface area contributed by atoms with Crippen LogP contribution in [0.5, 0.6) is 5.75 Å². The molecule has 1 N–H and O–H groups in total. The van der Waals surface area contributed by atoms with Gasteiger partial charge in [-0.15, -0.1) is 0 Å². The van der Waals surface area contributed by atoms with E-state index in [1.807, 2.05) is 31.2 Å². The van der Waals surface area contributed by atoms with Crippen LogP contribution in [0.3, 0.4) is 0 Å². The van der Waals surface area contributed by atoms with Gasteiger partial charge in [-0.1, -0.05) is 25.1 Å². The van der Waals surface area contributed by atoms with E-state index < -0.39 is 10.8 Å². The van der Waals surface area contributed by atoms with E-state index >= 15 is 0 Å². The summed E-state index contributed by atoms with van der Waals surface area (Å²) in [5, 5.41) is 14.6. The van der Waals surface area contributed by atoms with Crippen LogP contribution in [-0.4, -0.2) is 23.7 Å². The number of nitrogens with one attached hydrogen (secondary N) is 1. The maximum absolute atomic E-state index is 12.0. The summed E-state index contributed by atoms with van der Waals surface area (Å²) in [4.78, 5) is 22.2. The summed E-state index contributed by atoms with van der Waals surface area (Å²) in [6, 6.07) is 12.8. The Kier molecular flexibility index (Phi) is 6.01. The van der Waals surface area contributed by atoms with Crippen LogP contribution in [0.25, 0.3) is 0 Å². The van der Waals surface area contributed by atoms with E-state index in [1.54, 1.807) is 0 Å². The molecule has 24 heavy (non-hydrogen) atoms. The fraction of sp³-hybridized carbons (Fsp3) is 0.176. The zero-order chi connectivity index (χ0) is 17.4. The van der Waals surface area contributed by atoms with Gasteiger partial charge in [0.2, 0.25) is 0 Å². The van der Waals surface area contributed by atoms with Crippen molar-refractivity contribution in [2.75, 3.05) is 6.61 Å². The van der Waals surface area contributed by atoms with Gasteiger partial charge in [0, 0.05) is 23.3 Å². The van der Waals surface area contributed by atoms with Gasteiger partial charge in [0.05, 0.1) is 17.7 Å². The number of nitro groups is 1. The first-order valence-corrected chi connectivity index (χ1v) is 7.41. The summed E-state index contributed by atoms with van der Waals surface area (Å²) in [6.45, 7) is 2.60. The van der Waals surface area contributed by atoms with E-state index in [9.17, 15) is 14.9 Å². The SMILES string of the molecule is CCCOc1ccccc1/C=N/NC(=O)c1cccc([N+](=O)[O-])c1. The molecule has 0 spiro atoms. The molecule has 2 rings (SSSR count). The van der Waals surface area contributed by atoms with Gasteiger partial charge >= 0.3 is 0 Å². The zero-order valence-electron chi connectivity index (χ0n) is 13.1. The molecular weight excluding hydrogens is 310 g/mol. The fourth-order valence-electron chi connectivity index (χ4n) is 1.92. The maximum atomic E-state index is 12.0. The molecule has 0 aromatic heterocycles. The Bertz CT molecular complexity index is 759. The van der Waals surface area contributed by atoms with Crippen molar-refractivity contribution in [2.45, 2.75) is 13.3 Å². The number of hydrazone groups is 1. The van der Waals surface area contributed by atoms with Crippen LogP contribution in [0.1, 0.15) is 29.3 Å². The number of benzene rings is 2. The number of nitro benzene ring substituents is 1. The van der Waals surface area contributed by atoms with Crippen molar-refractivity contribution in [3.05, 3.63) is 69.8 Å². The quantitative estimate of drug-likeness (QED) is 0.480. The number of nitrogens with zero attached hydrogens (tertiary/aromatic N) is 2. The number of rotatable bonds is 7. The standard InChI is InChI=1S/C17H17N3O4/c1-2-10-24-16-9-4-3-6-14(16)12-18-19-17(21)13-7-5-8-15(11-13)20(22)23/h3-9,11-12H,2,10H2,1H3,(H,19,21)/b18-12+. The second-order valence-electron chi connectivity index (χ2n) is 4.89. The smallest absolute Gasteiger partial charge is 0.271 e. The molecule has 0 saturated carbocycles. The molecule has 124 valence electrons. The molecule has 0 aliphatic rings. The molecular formula is C17H17N3O4. The topological polar surface area (TPSA) is 93.8 Å². The minimum absolute atomic E-state index is 0.148. The van der Waals surface area contributed by atoms with Gasteiger partial charge in [-0.2, -0.15) is 5.10 Å². The molecule has 7 nitrogen and oxygen atoms in total. The second kappa shape index (κ2) is 8.42. The Morgan fingerprint density at radius 2 is 2.08 bits per heavy atom. The Labute approximate surface area is 139 Å². The number of amides is 1. The van der Waals surface area contributed by atoms with Crippen molar-refractivity contribution in [2.24, 2.45) is 5.10 Å². The minimum Gasteiger partial charge on any atom is -0.493 e. The molecule has 1 amide bonds. The van der Waals surface area contributed by atoms with E-state index in [0.29, 0.717) is 12.4 Å². The molecule has 0 atom stereocenters. The third kappa shape index (κ3) is 4.64. The Hall–Kier alpha value is -3.22. The minimum atomic E-state index is -0.554. The summed E-state index contributed by atoms with van der Waals surface area (Å²) < 4.78 is 5.59. The number of ether oxygens (including phenoxy) is 1. The molecule has 0 aliphatic carbocycles.